The Morgan fingerprint density at radius 3 is 2.37 bits per heavy atom. The quantitative estimate of drug-likeness (QED) is 0.549. The maximum atomic E-state index is 12.8. The van der Waals surface area contributed by atoms with Crippen LogP contribution in [0.4, 0.5) is 0 Å². The van der Waals surface area contributed by atoms with Crippen LogP contribution in [0.1, 0.15) is 33.0 Å². The van der Waals surface area contributed by atoms with Crippen LogP contribution in [0.2, 0.25) is 0 Å². The summed E-state index contributed by atoms with van der Waals surface area (Å²) in [5.74, 6) is 0.274. The highest BCUT2D eigenvalue weighted by atomic mass is 127. The van der Waals surface area contributed by atoms with Crippen molar-refractivity contribution in [2.24, 2.45) is 0 Å². The minimum Gasteiger partial charge on any atom is -0.293 e. The van der Waals surface area contributed by atoms with Crippen LogP contribution in [0.15, 0.2) is 48.5 Å². The lowest BCUT2D eigenvalue weighted by Gasteiger charge is -2.22. The molecule has 2 aromatic rings. The number of hydrogen-bond donors (Lipinski definition) is 0. The van der Waals surface area contributed by atoms with E-state index in [4.69, 9.17) is 0 Å². The summed E-state index contributed by atoms with van der Waals surface area (Å²) in [6.45, 7) is 0. The third-order valence-corrected chi connectivity index (χ3v) is 4.73. The van der Waals surface area contributed by atoms with Crippen molar-refractivity contribution >= 4 is 28.4 Å². The van der Waals surface area contributed by atoms with Crippen molar-refractivity contribution in [3.05, 3.63) is 70.8 Å². The lowest BCUT2D eigenvalue weighted by atomic mass is 9.82. The second-order valence-corrected chi connectivity index (χ2v) is 5.81. The monoisotopic (exact) mass is 362 g/mol. The number of hydrogen-bond acceptors (Lipinski definition) is 1. The maximum absolute atomic E-state index is 12.8. The molecule has 19 heavy (non-hydrogen) atoms. The third-order valence-electron chi connectivity index (χ3n) is 3.85. The molecule has 1 aliphatic carbocycles. The molecule has 0 bridgehead atoms. The minimum absolute atomic E-state index is 0.00162. The Morgan fingerprint density at radius 2 is 1.58 bits per heavy atom. The number of Topliss-reactive ketones (excluding diaryl/α,β-unsaturated/α-hetero) is 1. The van der Waals surface area contributed by atoms with Gasteiger partial charge in [0.05, 0.1) is 5.92 Å². The lowest BCUT2D eigenvalue weighted by molar-refractivity contribution is 0.0967. The predicted molar refractivity (Wildman–Crippen MR) is 86.3 cm³/mol. The molecule has 96 valence electrons. The van der Waals surface area contributed by atoms with E-state index in [0.29, 0.717) is 0 Å². The normalized spacial score (nSPS) is 18.2. The summed E-state index contributed by atoms with van der Waals surface area (Å²) in [5, 5.41) is 0. The third kappa shape index (κ3) is 2.34. The molecule has 2 aromatic carbocycles. The molecule has 0 saturated heterocycles. The molecule has 0 spiro atoms. The van der Waals surface area contributed by atoms with Crippen molar-refractivity contribution in [1.82, 2.24) is 0 Å². The highest BCUT2D eigenvalue weighted by molar-refractivity contribution is 14.1. The topological polar surface area (TPSA) is 17.1 Å². The molecule has 1 unspecified atom stereocenters. The molecule has 1 atom stereocenters. The summed E-state index contributed by atoms with van der Waals surface area (Å²) >= 11 is 2.33. The number of aryl methyl sites for hydroxylation is 2. The molecule has 0 fully saturated rings. The molecule has 2 heteroatoms. The Hall–Kier alpha value is -1.16. The number of rotatable bonds is 1. The van der Waals surface area contributed by atoms with Crippen molar-refractivity contribution in [3.63, 3.8) is 0 Å². The number of carbonyl (C=O) groups is 1. The zero-order valence-corrected chi connectivity index (χ0v) is 12.8. The molecule has 0 heterocycles. The lowest BCUT2D eigenvalue weighted by Crippen LogP contribution is -2.20. The summed E-state index contributed by atoms with van der Waals surface area (Å²) in [6, 6.07) is 16.4. The molecule has 1 nitrogen and oxygen atoms in total. The van der Waals surface area contributed by atoms with Crippen molar-refractivity contribution in [3.8, 4) is 0 Å². The van der Waals surface area contributed by atoms with E-state index in [-0.39, 0.29) is 11.7 Å². The van der Waals surface area contributed by atoms with E-state index in [2.05, 4.69) is 46.9 Å². The van der Waals surface area contributed by atoms with Gasteiger partial charge < -0.3 is 0 Å². The zero-order chi connectivity index (χ0) is 13.2. The zero-order valence-electron chi connectivity index (χ0n) is 10.6. The van der Waals surface area contributed by atoms with Gasteiger partial charge in [-0.2, -0.15) is 0 Å². The number of fused-ring (bicyclic) bond motifs is 2. The molecular weight excluding hydrogens is 347 g/mol. The van der Waals surface area contributed by atoms with E-state index in [1.807, 2.05) is 24.3 Å². The largest absolute Gasteiger partial charge is 0.293 e. The van der Waals surface area contributed by atoms with Gasteiger partial charge in [0.15, 0.2) is 5.78 Å². The number of alkyl halides is 1. The first kappa shape index (κ1) is 12.9. The van der Waals surface area contributed by atoms with E-state index >= 15 is 0 Å². The molecule has 0 amide bonds. The molecule has 3 rings (SSSR count). The summed E-state index contributed by atoms with van der Waals surface area (Å²) in [4.78, 5) is 12.8. The van der Waals surface area contributed by atoms with Gasteiger partial charge in [0.1, 0.15) is 0 Å². The van der Waals surface area contributed by atoms with Gasteiger partial charge in [-0.05, 0) is 29.5 Å². The SMILES string of the molecule is O=C1c2ccccc2CCc2ccccc2C1CI. The molecule has 0 saturated carbocycles. The molecule has 0 N–H and O–H groups in total. The van der Waals surface area contributed by atoms with Crippen molar-refractivity contribution in [2.45, 2.75) is 18.8 Å². The van der Waals surface area contributed by atoms with E-state index in [1.54, 1.807) is 0 Å². The highest BCUT2D eigenvalue weighted by Gasteiger charge is 2.26. The predicted octanol–water partition coefficient (Wildman–Crippen LogP) is 4.19. The summed E-state index contributed by atoms with van der Waals surface area (Å²) in [7, 11) is 0. The standard InChI is InChI=1S/C17H15IO/c18-11-16-14-7-3-1-5-12(14)9-10-13-6-2-4-8-15(13)17(16)19/h1-8,16H,9-11H2. The van der Waals surface area contributed by atoms with Gasteiger partial charge in [-0.3, -0.25) is 4.79 Å². The fraction of sp³-hybridized carbons (Fsp3) is 0.235. The molecule has 0 aromatic heterocycles. The first-order valence-electron chi connectivity index (χ1n) is 6.57. The van der Waals surface area contributed by atoms with Crippen molar-refractivity contribution in [2.75, 3.05) is 4.43 Å². The minimum atomic E-state index is -0.00162. The van der Waals surface area contributed by atoms with Gasteiger partial charge in [0.2, 0.25) is 0 Å². The number of benzene rings is 2. The summed E-state index contributed by atoms with van der Waals surface area (Å²) < 4.78 is 0.835. The van der Waals surface area contributed by atoms with Gasteiger partial charge in [0.25, 0.3) is 0 Å². The first-order valence-corrected chi connectivity index (χ1v) is 8.09. The fourth-order valence-electron chi connectivity index (χ4n) is 2.83. The van der Waals surface area contributed by atoms with Crippen LogP contribution < -0.4 is 0 Å². The Morgan fingerprint density at radius 1 is 0.947 bits per heavy atom. The number of ketones is 1. The summed E-state index contributed by atoms with van der Waals surface area (Å²) in [5.41, 5.74) is 4.65. The average Bonchev–Trinajstić information content (AvgIpc) is 2.46. The average molecular weight is 362 g/mol. The Balaban J connectivity index is 2.15. The van der Waals surface area contributed by atoms with E-state index < -0.39 is 0 Å². The van der Waals surface area contributed by atoms with Crippen LogP contribution in [0.25, 0.3) is 0 Å². The summed E-state index contributed by atoms with van der Waals surface area (Å²) in [6.07, 6.45) is 1.97. The van der Waals surface area contributed by atoms with Gasteiger partial charge in [-0.1, -0.05) is 71.1 Å². The van der Waals surface area contributed by atoms with Gasteiger partial charge in [-0.15, -0.1) is 0 Å². The van der Waals surface area contributed by atoms with Crippen LogP contribution in [0.5, 0.6) is 0 Å². The smallest absolute Gasteiger partial charge is 0.171 e. The van der Waals surface area contributed by atoms with Gasteiger partial charge in [-0.25, -0.2) is 0 Å². The van der Waals surface area contributed by atoms with E-state index in [1.165, 1.54) is 16.7 Å². The van der Waals surface area contributed by atoms with Crippen LogP contribution in [0, 0.1) is 0 Å². The first-order chi connectivity index (χ1) is 9.31. The Bertz CT molecular complexity index is 618. The van der Waals surface area contributed by atoms with E-state index in [9.17, 15) is 4.79 Å². The second kappa shape index (κ2) is 5.45. The van der Waals surface area contributed by atoms with Gasteiger partial charge in [0, 0.05) is 9.99 Å². The van der Waals surface area contributed by atoms with Crippen LogP contribution >= 0.6 is 22.6 Å². The highest BCUT2D eigenvalue weighted by Crippen LogP contribution is 2.31. The maximum Gasteiger partial charge on any atom is 0.171 e. The number of halogens is 1. The van der Waals surface area contributed by atoms with Crippen molar-refractivity contribution in [1.29, 1.82) is 0 Å². The molecule has 1 aliphatic rings. The molecule has 0 aliphatic heterocycles. The van der Waals surface area contributed by atoms with Crippen LogP contribution in [-0.2, 0) is 12.8 Å². The molecule has 0 radical (unpaired) electrons. The molecular formula is C17H15IO. The Kier molecular flexibility index (Phi) is 3.69. The van der Waals surface area contributed by atoms with Crippen LogP contribution in [-0.4, -0.2) is 10.2 Å². The fourth-order valence-corrected chi connectivity index (χ4v) is 3.71. The van der Waals surface area contributed by atoms with E-state index in [0.717, 1.165) is 22.8 Å². The Labute approximate surface area is 127 Å². The van der Waals surface area contributed by atoms with Gasteiger partial charge >= 0.3 is 0 Å². The van der Waals surface area contributed by atoms with Crippen LogP contribution in [0.3, 0.4) is 0 Å². The van der Waals surface area contributed by atoms with Crippen molar-refractivity contribution < 1.29 is 4.79 Å². The number of carbonyl (C=O) groups excluding carboxylic acids is 1. The second-order valence-electron chi connectivity index (χ2n) is 4.93.